The quantitative estimate of drug-likeness (QED) is 0.842. The number of anilines is 1. The first-order valence-corrected chi connectivity index (χ1v) is 8.66. The Morgan fingerprint density at radius 1 is 1.08 bits per heavy atom. The van der Waals surface area contributed by atoms with Crippen LogP contribution in [0, 0.1) is 0 Å². The Kier molecular flexibility index (Phi) is 6.42. The minimum atomic E-state index is -0.0108. The van der Waals surface area contributed by atoms with Gasteiger partial charge in [0.05, 0.1) is 26.4 Å². The predicted octanol–water partition coefficient (Wildman–Crippen LogP) is 2.58. The predicted molar refractivity (Wildman–Crippen MR) is 98.0 cm³/mol. The third kappa shape index (κ3) is 5.89. The van der Waals surface area contributed by atoms with Crippen molar-refractivity contribution in [2.75, 3.05) is 44.8 Å². The van der Waals surface area contributed by atoms with Crippen molar-refractivity contribution in [1.29, 1.82) is 0 Å². The highest BCUT2D eigenvalue weighted by molar-refractivity contribution is 5.92. The average molecular weight is 340 g/mol. The monoisotopic (exact) mass is 340 g/mol. The summed E-state index contributed by atoms with van der Waals surface area (Å²) in [5.74, 6) is 0.753. The standard InChI is InChI=1S/C20H24N2O3/c23-20(16-22-10-13-24-14-11-22)21-18-7-4-8-19(15-18)25-12-9-17-5-2-1-3-6-17/h1-8,15H,9-14,16H2,(H,21,23). The van der Waals surface area contributed by atoms with Gasteiger partial charge in [-0.05, 0) is 17.7 Å². The maximum atomic E-state index is 12.2. The van der Waals surface area contributed by atoms with Crippen LogP contribution in [-0.4, -0.2) is 50.3 Å². The van der Waals surface area contributed by atoms with Crippen LogP contribution in [0.5, 0.6) is 5.75 Å². The average Bonchev–Trinajstić information content (AvgIpc) is 2.64. The third-order valence-electron chi connectivity index (χ3n) is 4.09. The molecule has 1 aliphatic heterocycles. The molecule has 5 heteroatoms. The van der Waals surface area contributed by atoms with E-state index in [1.54, 1.807) is 0 Å². The Morgan fingerprint density at radius 2 is 1.88 bits per heavy atom. The molecule has 0 unspecified atom stereocenters. The molecular formula is C20H24N2O3. The summed E-state index contributed by atoms with van der Waals surface area (Å²) < 4.78 is 11.1. The van der Waals surface area contributed by atoms with Crippen LogP contribution in [0.3, 0.4) is 0 Å². The molecular weight excluding hydrogens is 316 g/mol. The highest BCUT2D eigenvalue weighted by atomic mass is 16.5. The lowest BCUT2D eigenvalue weighted by Gasteiger charge is -2.25. The number of carbonyl (C=O) groups is 1. The topological polar surface area (TPSA) is 50.8 Å². The maximum Gasteiger partial charge on any atom is 0.238 e. The second-order valence-corrected chi connectivity index (χ2v) is 6.05. The Morgan fingerprint density at radius 3 is 2.68 bits per heavy atom. The molecule has 5 nitrogen and oxygen atoms in total. The van der Waals surface area contributed by atoms with Gasteiger partial charge >= 0.3 is 0 Å². The second kappa shape index (κ2) is 9.20. The van der Waals surface area contributed by atoms with Crippen LogP contribution in [0.4, 0.5) is 5.69 Å². The number of rotatable bonds is 7. The van der Waals surface area contributed by atoms with Crippen molar-refractivity contribution in [2.45, 2.75) is 6.42 Å². The van der Waals surface area contributed by atoms with E-state index in [-0.39, 0.29) is 5.91 Å². The Labute approximate surface area is 148 Å². The molecule has 1 saturated heterocycles. The van der Waals surface area contributed by atoms with Crippen molar-refractivity contribution >= 4 is 11.6 Å². The number of ether oxygens (including phenoxy) is 2. The lowest BCUT2D eigenvalue weighted by Crippen LogP contribution is -2.41. The SMILES string of the molecule is O=C(CN1CCOCC1)Nc1cccc(OCCc2ccccc2)c1. The number of nitrogens with zero attached hydrogens (tertiary/aromatic N) is 1. The van der Waals surface area contributed by atoms with E-state index in [1.165, 1.54) is 5.56 Å². The summed E-state index contributed by atoms with van der Waals surface area (Å²) in [7, 11) is 0. The Bertz CT molecular complexity index is 670. The van der Waals surface area contributed by atoms with Crippen LogP contribution in [-0.2, 0) is 16.0 Å². The zero-order chi connectivity index (χ0) is 17.3. The molecule has 0 aliphatic carbocycles. The van der Waals surface area contributed by atoms with E-state index < -0.39 is 0 Å². The number of hydrogen-bond donors (Lipinski definition) is 1. The Hall–Kier alpha value is -2.37. The van der Waals surface area contributed by atoms with Crippen molar-refractivity contribution in [3.05, 3.63) is 60.2 Å². The summed E-state index contributed by atoms with van der Waals surface area (Å²) in [6.45, 7) is 3.99. The van der Waals surface area contributed by atoms with Crippen LogP contribution >= 0.6 is 0 Å². The van der Waals surface area contributed by atoms with Crippen LogP contribution in [0.1, 0.15) is 5.56 Å². The molecule has 0 saturated carbocycles. The second-order valence-electron chi connectivity index (χ2n) is 6.05. The van der Waals surface area contributed by atoms with Gasteiger partial charge in [0.25, 0.3) is 0 Å². The minimum Gasteiger partial charge on any atom is -0.493 e. The highest BCUT2D eigenvalue weighted by Crippen LogP contribution is 2.17. The van der Waals surface area contributed by atoms with Gasteiger partial charge in [0.2, 0.25) is 5.91 Å². The molecule has 1 amide bonds. The maximum absolute atomic E-state index is 12.2. The van der Waals surface area contributed by atoms with E-state index in [9.17, 15) is 4.79 Å². The number of amides is 1. The molecule has 1 aliphatic rings. The molecule has 0 atom stereocenters. The van der Waals surface area contributed by atoms with Gasteiger partial charge in [0.15, 0.2) is 0 Å². The highest BCUT2D eigenvalue weighted by Gasteiger charge is 2.14. The lowest BCUT2D eigenvalue weighted by atomic mass is 10.2. The fourth-order valence-corrected chi connectivity index (χ4v) is 2.76. The van der Waals surface area contributed by atoms with Gasteiger partial charge in [0, 0.05) is 31.3 Å². The van der Waals surface area contributed by atoms with Crippen molar-refractivity contribution in [3.63, 3.8) is 0 Å². The summed E-state index contributed by atoms with van der Waals surface area (Å²) >= 11 is 0. The summed E-state index contributed by atoms with van der Waals surface area (Å²) in [4.78, 5) is 14.3. The summed E-state index contributed by atoms with van der Waals surface area (Å²) in [6.07, 6.45) is 0.856. The fraction of sp³-hybridized carbons (Fsp3) is 0.350. The third-order valence-corrected chi connectivity index (χ3v) is 4.09. The van der Waals surface area contributed by atoms with Gasteiger partial charge in [0.1, 0.15) is 5.75 Å². The van der Waals surface area contributed by atoms with Crippen LogP contribution in [0.15, 0.2) is 54.6 Å². The zero-order valence-corrected chi connectivity index (χ0v) is 14.3. The van der Waals surface area contributed by atoms with Gasteiger partial charge in [-0.2, -0.15) is 0 Å². The minimum absolute atomic E-state index is 0.0108. The van der Waals surface area contributed by atoms with Gasteiger partial charge < -0.3 is 14.8 Å². The molecule has 3 rings (SSSR count). The van der Waals surface area contributed by atoms with Crippen molar-refractivity contribution in [2.24, 2.45) is 0 Å². The van der Waals surface area contributed by atoms with E-state index in [2.05, 4.69) is 22.3 Å². The number of nitrogens with one attached hydrogen (secondary N) is 1. The van der Waals surface area contributed by atoms with Crippen LogP contribution in [0.2, 0.25) is 0 Å². The number of carbonyl (C=O) groups excluding carboxylic acids is 1. The number of benzene rings is 2. The van der Waals surface area contributed by atoms with E-state index in [0.717, 1.165) is 30.9 Å². The molecule has 2 aromatic carbocycles. The van der Waals surface area contributed by atoms with E-state index >= 15 is 0 Å². The van der Waals surface area contributed by atoms with Crippen molar-refractivity contribution in [3.8, 4) is 5.75 Å². The largest absolute Gasteiger partial charge is 0.493 e. The molecule has 0 bridgehead atoms. The van der Waals surface area contributed by atoms with Crippen molar-refractivity contribution < 1.29 is 14.3 Å². The molecule has 2 aromatic rings. The van der Waals surface area contributed by atoms with E-state index in [0.29, 0.717) is 26.4 Å². The summed E-state index contributed by atoms with van der Waals surface area (Å²) in [6, 6.07) is 17.8. The van der Waals surface area contributed by atoms with Gasteiger partial charge in [-0.15, -0.1) is 0 Å². The molecule has 132 valence electrons. The lowest BCUT2D eigenvalue weighted by molar-refractivity contribution is -0.118. The zero-order valence-electron chi connectivity index (χ0n) is 14.3. The summed E-state index contributed by atoms with van der Waals surface area (Å²) in [5, 5.41) is 2.94. The van der Waals surface area contributed by atoms with E-state index in [1.807, 2.05) is 42.5 Å². The first kappa shape index (κ1) is 17.5. The van der Waals surface area contributed by atoms with Gasteiger partial charge in [-0.1, -0.05) is 36.4 Å². The van der Waals surface area contributed by atoms with Gasteiger partial charge in [-0.25, -0.2) is 0 Å². The first-order chi connectivity index (χ1) is 12.3. The van der Waals surface area contributed by atoms with E-state index in [4.69, 9.17) is 9.47 Å². The fourth-order valence-electron chi connectivity index (χ4n) is 2.76. The van der Waals surface area contributed by atoms with Crippen LogP contribution in [0.25, 0.3) is 0 Å². The van der Waals surface area contributed by atoms with Crippen molar-refractivity contribution in [1.82, 2.24) is 4.90 Å². The molecule has 1 heterocycles. The molecule has 0 radical (unpaired) electrons. The molecule has 1 N–H and O–H groups in total. The molecule has 25 heavy (non-hydrogen) atoms. The molecule has 0 aromatic heterocycles. The smallest absolute Gasteiger partial charge is 0.238 e. The molecule has 1 fully saturated rings. The normalized spacial score (nSPS) is 14.9. The molecule has 0 spiro atoms. The summed E-state index contributed by atoms with van der Waals surface area (Å²) in [5.41, 5.74) is 2.01. The number of morpholine rings is 1. The Balaban J connectivity index is 1.46. The first-order valence-electron chi connectivity index (χ1n) is 8.66. The number of hydrogen-bond acceptors (Lipinski definition) is 4. The van der Waals surface area contributed by atoms with Crippen LogP contribution < -0.4 is 10.1 Å². The van der Waals surface area contributed by atoms with Gasteiger partial charge in [-0.3, -0.25) is 9.69 Å².